The molecule has 0 saturated heterocycles. The number of hydrogen-bond acceptors (Lipinski definition) is 3. The van der Waals surface area contributed by atoms with Crippen LogP contribution < -0.4 is 4.72 Å². The summed E-state index contributed by atoms with van der Waals surface area (Å²) in [7, 11) is -3.44. The number of rotatable bonds is 5. The van der Waals surface area contributed by atoms with Gasteiger partial charge in [0.2, 0.25) is 10.0 Å². The van der Waals surface area contributed by atoms with Gasteiger partial charge < -0.3 is 0 Å². The molecule has 7 heteroatoms. The molecule has 96 valence electrons. The van der Waals surface area contributed by atoms with Crippen molar-refractivity contribution in [3.8, 4) is 0 Å². The molecule has 0 saturated carbocycles. The fraction of sp³-hybridized carbons (Fsp3) is 0.182. The van der Waals surface area contributed by atoms with E-state index in [1.54, 1.807) is 47.4 Å². The summed E-state index contributed by atoms with van der Waals surface area (Å²) >= 11 is 3.26. The normalized spacial score (nSPS) is 11.6. The first-order valence-corrected chi connectivity index (χ1v) is 7.58. The third kappa shape index (κ3) is 3.41. The lowest BCUT2D eigenvalue weighted by atomic mass is 10.4. The van der Waals surface area contributed by atoms with E-state index >= 15 is 0 Å². The van der Waals surface area contributed by atoms with Crippen LogP contribution in [0.5, 0.6) is 0 Å². The SMILES string of the molecule is O=S(=O)(NCCn1cccn1)c1ccc(Br)cc1. The number of halogens is 1. The predicted octanol–water partition coefficient (Wildman–Crippen LogP) is 1.62. The summed E-state index contributed by atoms with van der Waals surface area (Å²) < 4.78 is 28.9. The zero-order chi connectivity index (χ0) is 13.0. The summed E-state index contributed by atoms with van der Waals surface area (Å²) in [6.07, 6.45) is 3.44. The minimum atomic E-state index is -3.44. The summed E-state index contributed by atoms with van der Waals surface area (Å²) in [4.78, 5) is 0.256. The number of nitrogens with zero attached hydrogens (tertiary/aromatic N) is 2. The fourth-order valence-electron chi connectivity index (χ4n) is 1.42. The van der Waals surface area contributed by atoms with Crippen molar-refractivity contribution >= 4 is 26.0 Å². The second-order valence-corrected chi connectivity index (χ2v) is 6.30. The van der Waals surface area contributed by atoms with Gasteiger partial charge in [0.05, 0.1) is 11.4 Å². The van der Waals surface area contributed by atoms with Gasteiger partial charge in [-0.1, -0.05) is 15.9 Å². The number of hydrogen-bond donors (Lipinski definition) is 1. The van der Waals surface area contributed by atoms with E-state index in [9.17, 15) is 8.42 Å². The molecule has 0 unspecified atom stereocenters. The Morgan fingerprint density at radius 3 is 2.61 bits per heavy atom. The molecule has 1 N–H and O–H groups in total. The summed E-state index contributed by atoms with van der Waals surface area (Å²) in [5, 5.41) is 4.00. The molecule has 1 heterocycles. The molecular formula is C11H12BrN3O2S. The van der Waals surface area contributed by atoms with Crippen molar-refractivity contribution in [3.63, 3.8) is 0 Å². The van der Waals surface area contributed by atoms with Gasteiger partial charge in [-0.25, -0.2) is 13.1 Å². The van der Waals surface area contributed by atoms with Gasteiger partial charge in [-0.05, 0) is 30.3 Å². The molecule has 0 bridgehead atoms. The van der Waals surface area contributed by atoms with Crippen molar-refractivity contribution in [3.05, 3.63) is 47.2 Å². The van der Waals surface area contributed by atoms with Gasteiger partial charge in [0.1, 0.15) is 0 Å². The first-order valence-electron chi connectivity index (χ1n) is 5.30. The zero-order valence-electron chi connectivity index (χ0n) is 9.45. The Bertz CT molecular complexity index is 594. The van der Waals surface area contributed by atoms with Crippen LogP contribution in [-0.4, -0.2) is 24.7 Å². The van der Waals surface area contributed by atoms with E-state index in [0.29, 0.717) is 13.1 Å². The van der Waals surface area contributed by atoms with E-state index in [4.69, 9.17) is 0 Å². The van der Waals surface area contributed by atoms with Crippen LogP contribution in [0, 0.1) is 0 Å². The van der Waals surface area contributed by atoms with Gasteiger partial charge in [0.15, 0.2) is 0 Å². The lowest BCUT2D eigenvalue weighted by Crippen LogP contribution is -2.27. The molecule has 0 spiro atoms. The molecular weight excluding hydrogens is 318 g/mol. The standard InChI is InChI=1S/C11H12BrN3O2S/c12-10-2-4-11(5-3-10)18(16,17)14-7-9-15-8-1-6-13-15/h1-6,8,14H,7,9H2. The monoisotopic (exact) mass is 329 g/mol. The molecule has 0 amide bonds. The highest BCUT2D eigenvalue weighted by atomic mass is 79.9. The summed E-state index contributed by atoms with van der Waals surface area (Å²) in [5.41, 5.74) is 0. The number of sulfonamides is 1. The Kier molecular flexibility index (Phi) is 4.15. The molecule has 0 atom stereocenters. The predicted molar refractivity (Wildman–Crippen MR) is 71.6 cm³/mol. The molecule has 1 aromatic carbocycles. The van der Waals surface area contributed by atoms with Crippen LogP contribution in [0.1, 0.15) is 0 Å². The van der Waals surface area contributed by atoms with Crippen molar-refractivity contribution in [1.82, 2.24) is 14.5 Å². The number of aromatic nitrogens is 2. The van der Waals surface area contributed by atoms with E-state index in [1.807, 2.05) is 0 Å². The quantitative estimate of drug-likeness (QED) is 0.906. The largest absolute Gasteiger partial charge is 0.271 e. The van der Waals surface area contributed by atoms with Crippen LogP contribution in [0.4, 0.5) is 0 Å². The van der Waals surface area contributed by atoms with Crippen molar-refractivity contribution in [1.29, 1.82) is 0 Å². The van der Waals surface area contributed by atoms with Crippen LogP contribution in [0.15, 0.2) is 52.1 Å². The van der Waals surface area contributed by atoms with Crippen LogP contribution in [-0.2, 0) is 16.6 Å². The maximum absolute atomic E-state index is 11.9. The highest BCUT2D eigenvalue weighted by Crippen LogP contribution is 2.14. The molecule has 0 radical (unpaired) electrons. The average molecular weight is 330 g/mol. The first-order chi connectivity index (χ1) is 8.58. The van der Waals surface area contributed by atoms with Crippen molar-refractivity contribution < 1.29 is 8.42 Å². The highest BCUT2D eigenvalue weighted by Gasteiger charge is 2.12. The van der Waals surface area contributed by atoms with Crippen LogP contribution in [0.25, 0.3) is 0 Å². The second-order valence-electron chi connectivity index (χ2n) is 3.62. The molecule has 18 heavy (non-hydrogen) atoms. The molecule has 0 aliphatic carbocycles. The van der Waals surface area contributed by atoms with E-state index in [-0.39, 0.29) is 4.90 Å². The molecule has 0 aliphatic heterocycles. The molecule has 2 rings (SSSR count). The highest BCUT2D eigenvalue weighted by molar-refractivity contribution is 9.10. The molecule has 0 aliphatic rings. The number of benzene rings is 1. The molecule has 2 aromatic rings. The van der Waals surface area contributed by atoms with E-state index in [0.717, 1.165) is 4.47 Å². The summed E-state index contributed by atoms with van der Waals surface area (Å²) in [6, 6.07) is 8.30. The first kappa shape index (κ1) is 13.3. The van der Waals surface area contributed by atoms with E-state index < -0.39 is 10.0 Å². The van der Waals surface area contributed by atoms with Gasteiger partial charge in [0, 0.05) is 23.4 Å². The Morgan fingerprint density at radius 2 is 2.00 bits per heavy atom. The Morgan fingerprint density at radius 1 is 1.28 bits per heavy atom. The van der Waals surface area contributed by atoms with Crippen LogP contribution >= 0.6 is 15.9 Å². The number of nitrogens with one attached hydrogen (secondary N) is 1. The third-order valence-electron chi connectivity index (χ3n) is 2.32. The van der Waals surface area contributed by atoms with Crippen molar-refractivity contribution in [2.45, 2.75) is 11.4 Å². The summed E-state index contributed by atoms with van der Waals surface area (Å²) in [6.45, 7) is 0.808. The van der Waals surface area contributed by atoms with Crippen molar-refractivity contribution in [2.24, 2.45) is 0 Å². The van der Waals surface area contributed by atoms with Crippen molar-refractivity contribution in [2.75, 3.05) is 6.54 Å². The Labute approximate surface area is 114 Å². The van der Waals surface area contributed by atoms with Gasteiger partial charge in [-0.2, -0.15) is 5.10 Å². The average Bonchev–Trinajstić information content (AvgIpc) is 2.82. The van der Waals surface area contributed by atoms with E-state index in [1.165, 1.54) is 0 Å². The smallest absolute Gasteiger partial charge is 0.240 e. The summed E-state index contributed by atoms with van der Waals surface area (Å²) in [5.74, 6) is 0. The van der Waals surface area contributed by atoms with Gasteiger partial charge in [0.25, 0.3) is 0 Å². The minimum Gasteiger partial charge on any atom is -0.271 e. The van der Waals surface area contributed by atoms with E-state index in [2.05, 4.69) is 25.8 Å². The Balaban J connectivity index is 1.97. The zero-order valence-corrected chi connectivity index (χ0v) is 11.9. The molecule has 1 aromatic heterocycles. The lowest BCUT2D eigenvalue weighted by Gasteiger charge is -2.06. The Hall–Kier alpha value is -1.18. The third-order valence-corrected chi connectivity index (χ3v) is 4.32. The van der Waals surface area contributed by atoms with Gasteiger partial charge >= 0.3 is 0 Å². The van der Waals surface area contributed by atoms with Gasteiger partial charge in [-0.15, -0.1) is 0 Å². The van der Waals surface area contributed by atoms with Crippen LogP contribution in [0.2, 0.25) is 0 Å². The molecule has 0 fully saturated rings. The minimum absolute atomic E-state index is 0.256. The second kappa shape index (κ2) is 5.64. The topological polar surface area (TPSA) is 64.0 Å². The maximum Gasteiger partial charge on any atom is 0.240 e. The maximum atomic E-state index is 11.9. The molecule has 5 nitrogen and oxygen atoms in total. The van der Waals surface area contributed by atoms with Crippen LogP contribution in [0.3, 0.4) is 0 Å². The van der Waals surface area contributed by atoms with Gasteiger partial charge in [-0.3, -0.25) is 4.68 Å². The fourth-order valence-corrected chi connectivity index (χ4v) is 2.71. The lowest BCUT2D eigenvalue weighted by molar-refractivity contribution is 0.561.